The van der Waals surface area contributed by atoms with Gasteiger partial charge in [0, 0.05) is 13.2 Å². The van der Waals surface area contributed by atoms with E-state index in [4.69, 9.17) is 0 Å². The largest absolute Gasteiger partial charge is 0.382 e. The summed E-state index contributed by atoms with van der Waals surface area (Å²) in [6, 6.07) is 3.85. The molecule has 0 aliphatic carbocycles. The van der Waals surface area contributed by atoms with E-state index in [1.807, 2.05) is 0 Å². The van der Waals surface area contributed by atoms with Crippen molar-refractivity contribution in [1.29, 1.82) is 0 Å². The SMILES string of the molecule is Cn1ccc(C(O)c2c(F)ccc(Br)c2F)n1. The monoisotopic (exact) mass is 302 g/mol. The Hall–Kier alpha value is -1.27. The Balaban J connectivity index is 2.50. The standard InChI is InChI=1S/C11H9BrF2N2O/c1-16-5-4-8(15-16)11(17)9-7(13)3-2-6(12)10(9)14/h2-5,11,17H,1H3. The molecule has 0 aliphatic heterocycles. The number of aryl methyl sites for hydroxylation is 1. The molecule has 1 aromatic carbocycles. The molecule has 6 heteroatoms. The fraction of sp³-hybridized carbons (Fsp3) is 0.182. The molecule has 90 valence electrons. The summed E-state index contributed by atoms with van der Waals surface area (Å²) in [6.07, 6.45) is 0.167. The van der Waals surface area contributed by atoms with Crippen LogP contribution in [-0.2, 0) is 7.05 Å². The van der Waals surface area contributed by atoms with Crippen LogP contribution in [0.1, 0.15) is 17.4 Å². The van der Waals surface area contributed by atoms with Gasteiger partial charge in [-0.25, -0.2) is 8.78 Å². The summed E-state index contributed by atoms with van der Waals surface area (Å²) in [7, 11) is 1.66. The van der Waals surface area contributed by atoms with E-state index in [2.05, 4.69) is 21.0 Å². The third kappa shape index (κ3) is 2.23. The van der Waals surface area contributed by atoms with E-state index in [0.717, 1.165) is 6.07 Å². The quantitative estimate of drug-likeness (QED) is 0.866. The molecular formula is C11H9BrF2N2O. The highest BCUT2D eigenvalue weighted by Gasteiger charge is 2.23. The Morgan fingerprint density at radius 1 is 1.35 bits per heavy atom. The van der Waals surface area contributed by atoms with E-state index in [0.29, 0.717) is 0 Å². The van der Waals surface area contributed by atoms with Crippen molar-refractivity contribution in [2.24, 2.45) is 7.05 Å². The summed E-state index contributed by atoms with van der Waals surface area (Å²) in [5.74, 6) is -1.62. The number of hydrogen-bond donors (Lipinski definition) is 1. The maximum Gasteiger partial charge on any atom is 0.146 e. The van der Waals surface area contributed by atoms with Gasteiger partial charge in [0.05, 0.1) is 15.7 Å². The van der Waals surface area contributed by atoms with E-state index in [-0.39, 0.29) is 10.2 Å². The zero-order chi connectivity index (χ0) is 12.6. The van der Waals surface area contributed by atoms with Crippen LogP contribution in [0, 0.1) is 11.6 Å². The molecule has 1 aromatic heterocycles. The highest BCUT2D eigenvalue weighted by Crippen LogP contribution is 2.29. The fourth-order valence-electron chi connectivity index (χ4n) is 1.52. The highest BCUT2D eigenvalue weighted by atomic mass is 79.9. The highest BCUT2D eigenvalue weighted by molar-refractivity contribution is 9.10. The van der Waals surface area contributed by atoms with E-state index in [1.54, 1.807) is 13.2 Å². The molecule has 1 heterocycles. The number of rotatable bonds is 2. The molecule has 0 aliphatic rings. The molecular weight excluding hydrogens is 294 g/mol. The lowest BCUT2D eigenvalue weighted by atomic mass is 10.1. The van der Waals surface area contributed by atoms with Crippen molar-refractivity contribution in [3.8, 4) is 0 Å². The van der Waals surface area contributed by atoms with E-state index in [1.165, 1.54) is 16.8 Å². The van der Waals surface area contributed by atoms with Gasteiger partial charge in [-0.15, -0.1) is 0 Å². The second kappa shape index (κ2) is 4.54. The second-order valence-electron chi connectivity index (χ2n) is 3.57. The van der Waals surface area contributed by atoms with Crippen molar-refractivity contribution < 1.29 is 13.9 Å². The Labute approximate surface area is 105 Å². The van der Waals surface area contributed by atoms with Crippen LogP contribution in [0.3, 0.4) is 0 Å². The first-order valence-electron chi connectivity index (χ1n) is 4.81. The molecule has 0 saturated carbocycles. The minimum absolute atomic E-state index is 0.101. The summed E-state index contributed by atoms with van der Waals surface area (Å²) >= 11 is 2.95. The molecule has 1 atom stereocenters. The lowest BCUT2D eigenvalue weighted by molar-refractivity contribution is 0.203. The third-order valence-electron chi connectivity index (χ3n) is 2.37. The molecule has 1 unspecified atom stereocenters. The van der Waals surface area contributed by atoms with Gasteiger partial charge in [-0.3, -0.25) is 4.68 Å². The van der Waals surface area contributed by atoms with Gasteiger partial charge >= 0.3 is 0 Å². The van der Waals surface area contributed by atoms with Crippen LogP contribution in [0.5, 0.6) is 0 Å². The summed E-state index contributed by atoms with van der Waals surface area (Å²) in [4.78, 5) is 0. The van der Waals surface area contributed by atoms with Crippen molar-refractivity contribution in [2.45, 2.75) is 6.10 Å². The van der Waals surface area contributed by atoms with Crippen LogP contribution >= 0.6 is 15.9 Å². The van der Waals surface area contributed by atoms with Crippen molar-refractivity contribution in [1.82, 2.24) is 9.78 Å². The average molecular weight is 303 g/mol. The number of hydrogen-bond acceptors (Lipinski definition) is 2. The number of nitrogens with zero attached hydrogens (tertiary/aromatic N) is 2. The predicted octanol–water partition coefficient (Wildman–Crippen LogP) is 2.54. The minimum Gasteiger partial charge on any atom is -0.382 e. The molecule has 0 spiro atoms. The number of aliphatic hydroxyl groups excluding tert-OH is 1. The van der Waals surface area contributed by atoms with E-state index in [9.17, 15) is 13.9 Å². The summed E-state index contributed by atoms with van der Waals surface area (Å²) < 4.78 is 28.8. The van der Waals surface area contributed by atoms with Gasteiger partial charge in [0.25, 0.3) is 0 Å². The first-order valence-corrected chi connectivity index (χ1v) is 5.61. The molecule has 0 saturated heterocycles. The Morgan fingerprint density at radius 2 is 2.06 bits per heavy atom. The molecule has 0 fully saturated rings. The van der Waals surface area contributed by atoms with Crippen molar-refractivity contribution in [3.63, 3.8) is 0 Å². The molecule has 0 amide bonds. The van der Waals surface area contributed by atoms with Gasteiger partial charge in [-0.05, 0) is 34.1 Å². The zero-order valence-electron chi connectivity index (χ0n) is 8.86. The number of halogens is 3. The topological polar surface area (TPSA) is 38.0 Å². The zero-order valence-corrected chi connectivity index (χ0v) is 10.4. The fourth-order valence-corrected chi connectivity index (χ4v) is 1.87. The van der Waals surface area contributed by atoms with Gasteiger partial charge < -0.3 is 5.11 Å². The molecule has 1 N–H and O–H groups in total. The average Bonchev–Trinajstić information content (AvgIpc) is 2.71. The van der Waals surface area contributed by atoms with Gasteiger partial charge in [0.2, 0.25) is 0 Å². The van der Waals surface area contributed by atoms with E-state index < -0.39 is 23.3 Å². The molecule has 2 aromatic rings. The lowest BCUT2D eigenvalue weighted by Crippen LogP contribution is -2.07. The third-order valence-corrected chi connectivity index (χ3v) is 2.98. The maximum absolute atomic E-state index is 13.7. The second-order valence-corrected chi connectivity index (χ2v) is 4.43. The van der Waals surface area contributed by atoms with Crippen LogP contribution in [0.15, 0.2) is 28.9 Å². The smallest absolute Gasteiger partial charge is 0.146 e. The van der Waals surface area contributed by atoms with Crippen LogP contribution < -0.4 is 0 Å². The van der Waals surface area contributed by atoms with Gasteiger partial charge in [0.15, 0.2) is 0 Å². The Kier molecular flexibility index (Phi) is 3.26. The van der Waals surface area contributed by atoms with Crippen LogP contribution in [0.4, 0.5) is 8.78 Å². The van der Waals surface area contributed by atoms with Crippen molar-refractivity contribution in [2.75, 3.05) is 0 Å². The predicted molar refractivity (Wildman–Crippen MR) is 61.3 cm³/mol. The Morgan fingerprint density at radius 3 is 2.65 bits per heavy atom. The van der Waals surface area contributed by atoms with Gasteiger partial charge in [-0.2, -0.15) is 5.10 Å². The maximum atomic E-state index is 13.7. The van der Waals surface area contributed by atoms with Crippen LogP contribution in [0.2, 0.25) is 0 Å². The molecule has 2 rings (SSSR count). The summed E-state index contributed by atoms with van der Waals surface area (Å²) in [5.41, 5.74) is -0.207. The minimum atomic E-state index is -1.42. The summed E-state index contributed by atoms with van der Waals surface area (Å²) in [6.45, 7) is 0. The molecule has 0 radical (unpaired) electrons. The lowest BCUT2D eigenvalue weighted by Gasteiger charge is -2.11. The number of aliphatic hydroxyl groups is 1. The first kappa shape index (κ1) is 12.2. The van der Waals surface area contributed by atoms with E-state index >= 15 is 0 Å². The molecule has 3 nitrogen and oxygen atoms in total. The number of aromatic nitrogens is 2. The van der Waals surface area contributed by atoms with Crippen LogP contribution in [0.25, 0.3) is 0 Å². The first-order chi connectivity index (χ1) is 8.00. The Bertz CT molecular complexity index is 556. The van der Waals surface area contributed by atoms with Crippen molar-refractivity contribution in [3.05, 3.63) is 51.8 Å². The van der Waals surface area contributed by atoms with Gasteiger partial charge in [-0.1, -0.05) is 0 Å². The summed E-state index contributed by atoms with van der Waals surface area (Å²) in [5, 5.41) is 13.8. The molecule has 17 heavy (non-hydrogen) atoms. The molecule has 0 bridgehead atoms. The van der Waals surface area contributed by atoms with Crippen LogP contribution in [-0.4, -0.2) is 14.9 Å². The normalized spacial score (nSPS) is 12.8. The van der Waals surface area contributed by atoms with Crippen molar-refractivity contribution >= 4 is 15.9 Å². The number of benzene rings is 1. The van der Waals surface area contributed by atoms with Gasteiger partial charge in [0.1, 0.15) is 17.7 Å².